The number of fused-ring (bicyclic) bond motifs is 2. The molecule has 14 aromatic carbocycles. The topological polar surface area (TPSA) is 0 Å². The van der Waals surface area contributed by atoms with E-state index in [9.17, 15) is 0 Å². The lowest BCUT2D eigenvalue weighted by molar-refractivity contribution is 1.18. The molecule has 0 heterocycles. The minimum atomic E-state index is 1.03. The van der Waals surface area contributed by atoms with Crippen LogP contribution in [0.5, 0.6) is 0 Å². The lowest BCUT2D eigenvalue weighted by atomic mass is 10.0. The van der Waals surface area contributed by atoms with Crippen LogP contribution in [0, 0.1) is 34.6 Å². The fourth-order valence-corrected chi connectivity index (χ4v) is 9.16. The molecule has 0 aromatic heterocycles. The lowest BCUT2D eigenvalue weighted by Gasteiger charge is -2.03. The predicted molar refractivity (Wildman–Crippen MR) is 615 cm³/mol. The van der Waals surface area contributed by atoms with Gasteiger partial charge in [0.25, 0.3) is 0 Å². The van der Waals surface area contributed by atoms with E-state index in [-0.39, 0.29) is 0 Å². The van der Waals surface area contributed by atoms with E-state index < -0.39 is 0 Å². The Morgan fingerprint density at radius 1 is 0.116 bits per heavy atom. The Kier molecular flexibility index (Phi) is 151. The van der Waals surface area contributed by atoms with Gasteiger partial charge in [0.05, 0.1) is 0 Å². The van der Waals surface area contributed by atoms with Crippen LogP contribution >= 0.6 is 0 Å². The predicted octanol–water partition coefficient (Wildman–Crippen LogP) is 44.4. The quantitative estimate of drug-likeness (QED) is 0.133. The molecular weight excluding hydrogens is 1550 g/mol. The zero-order chi connectivity index (χ0) is 102. The summed E-state index contributed by atoms with van der Waals surface area (Å²) in [5.74, 6) is 0. The van der Waals surface area contributed by atoms with Gasteiger partial charge in [-0.25, -0.2) is 0 Å². The van der Waals surface area contributed by atoms with Gasteiger partial charge in [-0.1, -0.05) is 697 Å². The van der Waals surface area contributed by atoms with Gasteiger partial charge in [0.2, 0.25) is 0 Å². The fourth-order valence-electron chi connectivity index (χ4n) is 9.16. The Hall–Kier alpha value is -10.9. The molecule has 0 atom stereocenters. The molecule has 0 nitrogen and oxygen atoms in total. The van der Waals surface area contributed by atoms with Crippen molar-refractivity contribution in [2.75, 3.05) is 0 Å². The van der Waals surface area contributed by atoms with Crippen molar-refractivity contribution in [1.29, 1.82) is 0 Å². The van der Waals surface area contributed by atoms with Crippen molar-refractivity contribution in [3.8, 4) is 0 Å². The zero-order valence-corrected chi connectivity index (χ0v) is 91.6. The maximum Gasteiger partial charge on any atom is -0.00258 e. The highest BCUT2D eigenvalue weighted by Gasteiger charge is 1.97. The maximum atomic E-state index is 2.20. The summed E-state index contributed by atoms with van der Waals surface area (Å²) in [6.07, 6.45) is 10.5. The smallest absolute Gasteiger partial charge is 0.00258 e. The van der Waals surface area contributed by atoms with E-state index in [1.807, 2.05) is 372 Å². The molecule has 0 aliphatic heterocycles. The van der Waals surface area contributed by atoms with Gasteiger partial charge in [-0.05, 0) is 114 Å². The first-order valence-corrected chi connectivity index (χ1v) is 50.4. The van der Waals surface area contributed by atoms with Crippen molar-refractivity contribution in [2.24, 2.45) is 0 Å². The average Bonchev–Trinajstić information content (AvgIpc) is 0.873. The van der Waals surface area contributed by atoms with Crippen LogP contribution < -0.4 is 0 Å². The Morgan fingerprint density at radius 3 is 0.357 bits per heavy atom. The minimum Gasteiger partial charge on any atom is -0.0683 e. The van der Waals surface area contributed by atoms with Crippen LogP contribution in [0.4, 0.5) is 0 Å². The van der Waals surface area contributed by atoms with Crippen LogP contribution in [0.25, 0.3) is 45.8 Å². The zero-order valence-electron chi connectivity index (χ0n) is 91.6. The third kappa shape index (κ3) is 93.1. The van der Waals surface area contributed by atoms with Crippen LogP contribution in [-0.2, 0) is 12.8 Å². The monoisotopic (exact) mass is 1750 g/mol. The molecule has 0 spiro atoms. The Balaban J connectivity index is -0.000000103. The molecule has 0 radical (unpaired) electrons. The lowest BCUT2D eigenvalue weighted by Crippen LogP contribution is -1.88. The highest BCUT2D eigenvalue weighted by Crippen LogP contribution is 2.16. The molecule has 0 fully saturated rings. The van der Waals surface area contributed by atoms with Gasteiger partial charge in [-0.3, -0.25) is 0 Å². The largest absolute Gasteiger partial charge is 0.0683 e. The van der Waals surface area contributed by atoms with Crippen molar-refractivity contribution in [3.63, 3.8) is 0 Å². The molecule has 0 saturated carbocycles. The second-order valence-electron chi connectivity index (χ2n) is 22.1. The van der Waals surface area contributed by atoms with Crippen LogP contribution in [0.3, 0.4) is 0 Å². The second-order valence-corrected chi connectivity index (χ2v) is 22.1. The fraction of sp³-hybridized carbons (Fsp3) is 0.349. The summed E-state index contributed by atoms with van der Waals surface area (Å²) in [6, 6.07) is 132. The molecule has 0 aliphatic rings. The van der Waals surface area contributed by atoms with Crippen LogP contribution in [0.15, 0.2) is 382 Å². The Bertz CT molecular complexity index is 3730. The highest BCUT2D eigenvalue weighted by atomic mass is 14.0. The van der Waals surface area contributed by atoms with Gasteiger partial charge < -0.3 is 0 Å². The number of rotatable bonds is 8. The SMILES string of the molecule is C(=C\c1ccccc1)/c1ccccc1.C(=C\c1ccccc1)/c1ccccc1.CC.CC.CC.CC.CC.CC.CC.CC.CC.CC.CC.CC.CC.CC.CC.CC.CC.CC.CC.Cc1ccc(Cc2ccc(C)cc2)cc1.Cc1ccc(Cc2ccccc2)cc1.Cc1ccccc1.Cc1ccccc1.c1ccc2ccccc2c1.c1ccc2ccccc2c1. The molecule has 0 aliphatic carbocycles. The van der Waals surface area contributed by atoms with Gasteiger partial charge in [0, 0.05) is 0 Å². The van der Waals surface area contributed by atoms with Gasteiger partial charge >= 0.3 is 0 Å². The van der Waals surface area contributed by atoms with Crippen molar-refractivity contribution in [3.05, 3.63) is 455 Å². The van der Waals surface area contributed by atoms with Gasteiger partial charge in [0.1, 0.15) is 0 Å². The Labute approximate surface area is 805 Å². The molecule has 129 heavy (non-hydrogen) atoms. The first-order valence-electron chi connectivity index (χ1n) is 50.4. The summed E-state index contributed by atoms with van der Waals surface area (Å²) in [6.45, 7) is 86.5. The molecule has 0 bridgehead atoms. The Morgan fingerprint density at radius 2 is 0.225 bits per heavy atom. The molecular formula is C129H200. The van der Waals surface area contributed by atoms with E-state index >= 15 is 0 Å². The molecule has 0 heteroatoms. The van der Waals surface area contributed by atoms with Crippen LogP contribution in [0.1, 0.15) is 335 Å². The van der Waals surface area contributed by atoms with Crippen molar-refractivity contribution < 1.29 is 0 Å². The summed E-state index contributed by atoms with van der Waals surface area (Å²) < 4.78 is 0. The van der Waals surface area contributed by atoms with Crippen molar-refractivity contribution in [1.82, 2.24) is 0 Å². The second kappa shape index (κ2) is 133. The van der Waals surface area contributed by atoms with E-state index in [1.54, 1.807) is 0 Å². The summed E-state index contributed by atoms with van der Waals surface area (Å²) in [7, 11) is 0. The number of benzene rings is 14. The molecule has 0 amide bonds. The standard InChI is InChI=1S/C15H16.C14H14.2C14H12.2C10H8.2C7H8.19C2H6/c1-12-3-7-14(8-4-12)11-15-9-5-13(2)6-10-15;1-12-7-9-14(10-8-12)11-13-5-3-2-4-6-13;2*1-3-7-13(8-4-1)11-12-14-9-5-2-6-10-14;2*1-2-6-10-8-4-3-7-9(10)5-1;2*1-7-5-3-2-4-6-7;19*1-2/h3-10H,11H2,1-2H3;2-10H,11H2,1H3;2*1-12H;2*1-8H;2*2-6H,1H3;19*1-2H3/b;;2*12-11+;;;;;;;;;;;;;;;;;;;;;;;. The normalized spacial score (nSPS) is 7.96. The maximum absolute atomic E-state index is 2.20. The van der Waals surface area contributed by atoms with Crippen LogP contribution in [-0.4, -0.2) is 0 Å². The van der Waals surface area contributed by atoms with Gasteiger partial charge in [0.15, 0.2) is 0 Å². The highest BCUT2D eigenvalue weighted by molar-refractivity contribution is 5.83. The summed E-state index contributed by atoms with van der Waals surface area (Å²) in [5.41, 5.74) is 17.0. The van der Waals surface area contributed by atoms with Crippen molar-refractivity contribution >= 4 is 45.8 Å². The molecule has 14 aromatic rings. The van der Waals surface area contributed by atoms with Gasteiger partial charge in [-0.15, -0.1) is 0 Å². The molecule has 716 valence electrons. The molecule has 0 N–H and O–H groups in total. The summed E-state index contributed by atoms with van der Waals surface area (Å²) >= 11 is 0. The van der Waals surface area contributed by atoms with Crippen LogP contribution in [0.2, 0.25) is 0 Å². The van der Waals surface area contributed by atoms with E-state index in [2.05, 4.69) is 332 Å². The number of hydrogen-bond acceptors (Lipinski definition) is 0. The average molecular weight is 1750 g/mol. The molecule has 0 saturated heterocycles. The molecule has 0 unspecified atom stereocenters. The molecule has 14 rings (SSSR count). The number of hydrogen-bond donors (Lipinski definition) is 0. The summed E-state index contributed by atoms with van der Waals surface area (Å²) in [4.78, 5) is 0. The van der Waals surface area contributed by atoms with E-state index in [0.29, 0.717) is 0 Å². The first kappa shape index (κ1) is 147. The third-order valence-electron chi connectivity index (χ3n) is 14.4. The number of aryl methyl sites for hydroxylation is 5. The van der Waals surface area contributed by atoms with E-state index in [0.717, 1.165) is 12.8 Å². The first-order chi connectivity index (χ1) is 63.7. The van der Waals surface area contributed by atoms with E-state index in [1.165, 1.54) is 93.9 Å². The minimum absolute atomic E-state index is 1.03. The third-order valence-corrected chi connectivity index (χ3v) is 14.4. The van der Waals surface area contributed by atoms with Crippen molar-refractivity contribution in [2.45, 2.75) is 311 Å². The summed E-state index contributed by atoms with van der Waals surface area (Å²) in [5, 5.41) is 5.24. The van der Waals surface area contributed by atoms with E-state index in [4.69, 9.17) is 0 Å². The van der Waals surface area contributed by atoms with Gasteiger partial charge in [-0.2, -0.15) is 0 Å².